The highest BCUT2D eigenvalue weighted by Crippen LogP contribution is 2.32. The number of H-pyrrole nitrogens is 1. The number of fused-ring (bicyclic) bond motifs is 1. The predicted octanol–water partition coefficient (Wildman–Crippen LogP) is 3.99. The molecule has 1 unspecified atom stereocenters. The molecule has 0 aliphatic carbocycles. The van der Waals surface area contributed by atoms with Gasteiger partial charge >= 0.3 is 12.1 Å². The molecule has 2 rings (SSSR count). The lowest BCUT2D eigenvalue weighted by atomic mass is 9.87. The zero-order valence-corrected chi connectivity index (χ0v) is 16.3. The molecule has 2 aromatic rings. The lowest BCUT2D eigenvalue weighted by Gasteiger charge is -2.23. The molecular formula is C20H28N2O4. The van der Waals surface area contributed by atoms with E-state index in [1.807, 2.05) is 24.3 Å². The van der Waals surface area contributed by atoms with Crippen LogP contribution in [0.3, 0.4) is 0 Å². The van der Waals surface area contributed by atoms with Crippen LogP contribution in [0.2, 0.25) is 0 Å². The molecule has 0 bridgehead atoms. The maximum atomic E-state index is 12.0. The quantitative estimate of drug-likeness (QED) is 0.769. The summed E-state index contributed by atoms with van der Waals surface area (Å²) in [6.07, 6.45) is -0.562. The minimum atomic E-state index is -1.10. The first-order valence-corrected chi connectivity index (χ1v) is 8.71. The average molecular weight is 360 g/mol. The van der Waals surface area contributed by atoms with Gasteiger partial charge in [0.2, 0.25) is 0 Å². The molecule has 0 aliphatic rings. The van der Waals surface area contributed by atoms with Gasteiger partial charge in [0.1, 0.15) is 11.6 Å². The van der Waals surface area contributed by atoms with Crippen LogP contribution >= 0.6 is 0 Å². The van der Waals surface area contributed by atoms with Crippen molar-refractivity contribution in [1.29, 1.82) is 0 Å². The Morgan fingerprint density at radius 3 is 2.31 bits per heavy atom. The van der Waals surface area contributed by atoms with Gasteiger partial charge in [-0.3, -0.25) is 0 Å². The maximum absolute atomic E-state index is 12.0. The number of ether oxygens (including phenoxy) is 1. The molecule has 1 atom stereocenters. The van der Waals surface area contributed by atoms with E-state index in [1.165, 1.54) is 0 Å². The second-order valence-electron chi connectivity index (χ2n) is 8.52. The van der Waals surface area contributed by atoms with E-state index < -0.39 is 23.7 Å². The molecular weight excluding hydrogens is 332 g/mol. The summed E-state index contributed by atoms with van der Waals surface area (Å²) in [5.41, 5.74) is 1.94. The van der Waals surface area contributed by atoms with Crippen molar-refractivity contribution in [3.05, 3.63) is 35.5 Å². The Morgan fingerprint density at radius 2 is 1.77 bits per heavy atom. The van der Waals surface area contributed by atoms with E-state index in [0.29, 0.717) is 0 Å². The van der Waals surface area contributed by atoms with Gasteiger partial charge < -0.3 is 20.1 Å². The number of benzene rings is 1. The third-order valence-electron chi connectivity index (χ3n) is 3.96. The fraction of sp³-hybridized carbons (Fsp3) is 0.500. The Balaban J connectivity index is 2.37. The van der Waals surface area contributed by atoms with Crippen LogP contribution in [0.1, 0.15) is 52.8 Å². The molecule has 1 aromatic heterocycles. The molecule has 0 radical (unpaired) electrons. The lowest BCUT2D eigenvalue weighted by Crippen LogP contribution is -2.44. The van der Waals surface area contributed by atoms with Gasteiger partial charge in [-0.05, 0) is 32.4 Å². The molecule has 1 aromatic carbocycles. The van der Waals surface area contributed by atoms with Gasteiger partial charge in [0, 0.05) is 28.4 Å². The largest absolute Gasteiger partial charge is 0.480 e. The number of nitrogens with one attached hydrogen (secondary N) is 2. The molecule has 0 saturated heterocycles. The number of aromatic nitrogens is 1. The van der Waals surface area contributed by atoms with Crippen molar-refractivity contribution in [2.24, 2.45) is 0 Å². The summed E-state index contributed by atoms with van der Waals surface area (Å²) in [6.45, 7) is 11.4. The van der Waals surface area contributed by atoms with Gasteiger partial charge in [-0.1, -0.05) is 39.0 Å². The van der Waals surface area contributed by atoms with E-state index in [-0.39, 0.29) is 11.8 Å². The van der Waals surface area contributed by atoms with Crippen molar-refractivity contribution >= 4 is 23.0 Å². The zero-order valence-electron chi connectivity index (χ0n) is 16.3. The van der Waals surface area contributed by atoms with Gasteiger partial charge in [0.15, 0.2) is 0 Å². The van der Waals surface area contributed by atoms with Crippen LogP contribution in [0.15, 0.2) is 24.3 Å². The number of rotatable bonds is 4. The van der Waals surface area contributed by atoms with Crippen molar-refractivity contribution in [2.45, 2.75) is 65.0 Å². The molecule has 3 N–H and O–H groups in total. The number of hydrogen-bond donors (Lipinski definition) is 3. The smallest absolute Gasteiger partial charge is 0.408 e. The van der Waals surface area contributed by atoms with E-state index in [1.54, 1.807) is 20.8 Å². The van der Waals surface area contributed by atoms with Crippen LogP contribution in [0, 0.1) is 0 Å². The van der Waals surface area contributed by atoms with Gasteiger partial charge in [-0.15, -0.1) is 0 Å². The summed E-state index contributed by atoms with van der Waals surface area (Å²) >= 11 is 0. The summed E-state index contributed by atoms with van der Waals surface area (Å²) < 4.78 is 5.20. The van der Waals surface area contributed by atoms with E-state index in [9.17, 15) is 14.7 Å². The molecule has 6 nitrogen and oxygen atoms in total. The standard InChI is InChI=1S/C20H28N2O4/c1-19(2,3)16-13(12-9-7-8-10-14(12)21-16)11-15(17(23)24)22-18(25)26-20(4,5)6/h7-10,15,21H,11H2,1-6H3,(H,22,25)(H,23,24). The number of alkyl carbamates (subject to hydrolysis) is 1. The first-order chi connectivity index (χ1) is 11.9. The molecule has 0 aliphatic heterocycles. The van der Waals surface area contributed by atoms with Crippen molar-refractivity contribution < 1.29 is 19.4 Å². The maximum Gasteiger partial charge on any atom is 0.408 e. The van der Waals surface area contributed by atoms with Crippen LogP contribution in [0.25, 0.3) is 10.9 Å². The molecule has 0 saturated carbocycles. The van der Waals surface area contributed by atoms with E-state index in [0.717, 1.165) is 22.2 Å². The number of hydrogen-bond acceptors (Lipinski definition) is 3. The van der Waals surface area contributed by atoms with Crippen molar-refractivity contribution in [1.82, 2.24) is 10.3 Å². The monoisotopic (exact) mass is 360 g/mol. The topological polar surface area (TPSA) is 91.4 Å². The van der Waals surface area contributed by atoms with Crippen LogP contribution < -0.4 is 5.32 Å². The number of aromatic amines is 1. The van der Waals surface area contributed by atoms with Gasteiger partial charge in [-0.25, -0.2) is 9.59 Å². The Kier molecular flexibility index (Phi) is 5.35. The highest BCUT2D eigenvalue weighted by atomic mass is 16.6. The molecule has 26 heavy (non-hydrogen) atoms. The fourth-order valence-electron chi connectivity index (χ4n) is 2.91. The van der Waals surface area contributed by atoms with Crippen molar-refractivity contribution in [3.8, 4) is 0 Å². The minimum Gasteiger partial charge on any atom is -0.480 e. The summed E-state index contributed by atoms with van der Waals surface area (Å²) in [5, 5.41) is 13.1. The Hall–Kier alpha value is -2.50. The molecule has 1 amide bonds. The van der Waals surface area contributed by atoms with Gasteiger partial charge in [0.25, 0.3) is 0 Å². The number of carboxylic acids is 1. The number of amides is 1. The summed E-state index contributed by atoms with van der Waals surface area (Å²) in [6, 6.07) is 6.70. The van der Waals surface area contributed by atoms with E-state index in [4.69, 9.17) is 4.74 Å². The number of para-hydroxylation sites is 1. The van der Waals surface area contributed by atoms with Crippen LogP contribution in [-0.2, 0) is 21.4 Å². The molecule has 0 spiro atoms. The number of aliphatic carboxylic acids is 1. The first kappa shape index (κ1) is 19.8. The Morgan fingerprint density at radius 1 is 1.15 bits per heavy atom. The number of carboxylic acid groups (broad SMARTS) is 1. The van der Waals surface area contributed by atoms with Crippen LogP contribution in [0.5, 0.6) is 0 Å². The van der Waals surface area contributed by atoms with Crippen molar-refractivity contribution in [2.75, 3.05) is 0 Å². The normalized spacial score (nSPS) is 13.5. The van der Waals surface area contributed by atoms with E-state index in [2.05, 4.69) is 31.1 Å². The Labute approximate surface area is 153 Å². The van der Waals surface area contributed by atoms with Gasteiger partial charge in [0.05, 0.1) is 0 Å². The average Bonchev–Trinajstić information content (AvgIpc) is 2.83. The highest BCUT2D eigenvalue weighted by molar-refractivity contribution is 5.87. The molecule has 1 heterocycles. The lowest BCUT2D eigenvalue weighted by molar-refractivity contribution is -0.139. The van der Waals surface area contributed by atoms with Crippen molar-refractivity contribution in [3.63, 3.8) is 0 Å². The number of carbonyl (C=O) groups excluding carboxylic acids is 1. The fourth-order valence-corrected chi connectivity index (χ4v) is 2.91. The third kappa shape index (κ3) is 4.77. The molecule has 0 fully saturated rings. The first-order valence-electron chi connectivity index (χ1n) is 8.71. The second-order valence-corrected chi connectivity index (χ2v) is 8.52. The predicted molar refractivity (Wildman–Crippen MR) is 101 cm³/mol. The summed E-state index contributed by atoms with van der Waals surface area (Å²) in [5.74, 6) is -1.10. The van der Waals surface area contributed by atoms with Crippen LogP contribution in [0.4, 0.5) is 4.79 Å². The van der Waals surface area contributed by atoms with Gasteiger partial charge in [-0.2, -0.15) is 0 Å². The highest BCUT2D eigenvalue weighted by Gasteiger charge is 2.29. The molecule has 142 valence electrons. The summed E-state index contributed by atoms with van der Waals surface area (Å²) in [4.78, 5) is 27.2. The zero-order chi connectivity index (χ0) is 19.7. The van der Waals surface area contributed by atoms with Crippen LogP contribution in [-0.4, -0.2) is 33.8 Å². The molecule has 6 heteroatoms. The SMILES string of the molecule is CC(C)(C)OC(=O)NC(Cc1c(C(C)(C)C)[nH]c2ccccc12)C(=O)O. The third-order valence-corrected chi connectivity index (χ3v) is 3.96. The number of carbonyl (C=O) groups is 2. The summed E-state index contributed by atoms with van der Waals surface area (Å²) in [7, 11) is 0. The minimum absolute atomic E-state index is 0.172. The van der Waals surface area contributed by atoms with E-state index >= 15 is 0 Å². The Bertz CT molecular complexity index is 809. The second kappa shape index (κ2) is 7.02.